The summed E-state index contributed by atoms with van der Waals surface area (Å²) in [4.78, 5) is 13.1. The number of Topliss-reactive ketones (excluding diaryl/α,β-unsaturated/α-hetero) is 1. The molecule has 0 aliphatic heterocycles. The molecule has 25 heavy (non-hydrogen) atoms. The van der Waals surface area contributed by atoms with Crippen LogP contribution in [-0.4, -0.2) is 23.4 Å². The number of hydrogen-bond acceptors (Lipinski definition) is 3. The minimum absolute atomic E-state index is 0.210. The van der Waals surface area contributed by atoms with E-state index in [9.17, 15) is 4.79 Å². The molecule has 0 spiro atoms. The average Bonchev–Trinajstić information content (AvgIpc) is 3.21. The molecule has 1 rings (SSSR count). The molecule has 2 atom stereocenters. The molecule has 3 heteroatoms. The highest BCUT2D eigenvalue weighted by atomic mass is 16.1. The van der Waals surface area contributed by atoms with Gasteiger partial charge in [0, 0.05) is 11.0 Å². The molecule has 0 heterocycles. The minimum atomic E-state index is -0.336. The van der Waals surface area contributed by atoms with Crippen LogP contribution in [0.3, 0.4) is 0 Å². The average molecular weight is 351 g/mol. The number of nitrogens with two attached hydrogens (primary N) is 1. The van der Waals surface area contributed by atoms with Crippen LogP contribution < -0.4 is 11.1 Å². The smallest absolute Gasteiger partial charge is 0.158 e. The lowest BCUT2D eigenvalue weighted by Gasteiger charge is -2.33. The third kappa shape index (κ3) is 6.86. The van der Waals surface area contributed by atoms with Gasteiger partial charge in [-0.25, -0.2) is 0 Å². The van der Waals surface area contributed by atoms with Crippen molar-refractivity contribution >= 4 is 5.78 Å². The number of nitrogens with one attached hydrogen (secondary N) is 1. The first-order valence-electron chi connectivity index (χ1n) is 10.3. The first-order chi connectivity index (χ1) is 11.6. The van der Waals surface area contributed by atoms with Crippen molar-refractivity contribution < 1.29 is 4.79 Å². The van der Waals surface area contributed by atoms with Gasteiger partial charge in [-0.3, -0.25) is 10.1 Å². The largest absolute Gasteiger partial charge is 0.330 e. The zero-order chi connectivity index (χ0) is 19.1. The minimum Gasteiger partial charge on any atom is -0.330 e. The summed E-state index contributed by atoms with van der Waals surface area (Å²) in [6.07, 6.45) is 12.9. The van der Waals surface area contributed by atoms with Gasteiger partial charge in [0.2, 0.25) is 0 Å². The quantitative estimate of drug-likeness (QED) is 0.363. The van der Waals surface area contributed by atoms with E-state index >= 15 is 0 Å². The van der Waals surface area contributed by atoms with Crippen LogP contribution in [0.15, 0.2) is 12.7 Å². The molecule has 0 aromatic rings. The fourth-order valence-corrected chi connectivity index (χ4v) is 3.88. The predicted molar refractivity (Wildman–Crippen MR) is 109 cm³/mol. The van der Waals surface area contributed by atoms with E-state index in [-0.39, 0.29) is 16.5 Å². The number of carbonyl (C=O) groups is 1. The normalized spacial score (nSPS) is 23.5. The summed E-state index contributed by atoms with van der Waals surface area (Å²) in [7, 11) is 0. The van der Waals surface area contributed by atoms with Gasteiger partial charge in [0.05, 0.1) is 5.54 Å². The van der Waals surface area contributed by atoms with Crippen LogP contribution in [0.5, 0.6) is 0 Å². The predicted octanol–water partition coefficient (Wildman–Crippen LogP) is 4.99. The van der Waals surface area contributed by atoms with E-state index in [1.165, 1.54) is 38.5 Å². The Balaban J connectivity index is 2.46. The van der Waals surface area contributed by atoms with Crippen LogP contribution in [0.2, 0.25) is 0 Å². The Morgan fingerprint density at radius 2 is 1.60 bits per heavy atom. The number of ketones is 1. The molecule has 0 bridgehead atoms. The summed E-state index contributed by atoms with van der Waals surface area (Å²) in [5, 5.41) is 3.65. The van der Waals surface area contributed by atoms with Crippen molar-refractivity contribution in [2.45, 2.75) is 103 Å². The van der Waals surface area contributed by atoms with E-state index in [0.29, 0.717) is 11.7 Å². The third-order valence-corrected chi connectivity index (χ3v) is 5.50. The van der Waals surface area contributed by atoms with Gasteiger partial charge in [-0.2, -0.15) is 0 Å². The van der Waals surface area contributed by atoms with Gasteiger partial charge in [0.1, 0.15) is 0 Å². The van der Waals surface area contributed by atoms with Crippen LogP contribution in [0.25, 0.3) is 0 Å². The number of unbranched alkanes of at least 4 members (excludes halogenated alkanes) is 6. The first kappa shape index (κ1) is 22.4. The third-order valence-electron chi connectivity index (χ3n) is 5.50. The summed E-state index contributed by atoms with van der Waals surface area (Å²) in [5.74, 6) is 0.845. The van der Waals surface area contributed by atoms with Gasteiger partial charge in [-0.15, -0.1) is 6.58 Å². The van der Waals surface area contributed by atoms with E-state index < -0.39 is 0 Å². The number of rotatable bonds is 13. The fourth-order valence-electron chi connectivity index (χ4n) is 3.88. The van der Waals surface area contributed by atoms with Crippen LogP contribution >= 0.6 is 0 Å². The Morgan fingerprint density at radius 3 is 2.08 bits per heavy atom. The maximum absolute atomic E-state index is 13.1. The highest BCUT2D eigenvalue weighted by molar-refractivity contribution is 5.96. The van der Waals surface area contributed by atoms with E-state index in [2.05, 4.69) is 25.7 Å². The topological polar surface area (TPSA) is 55.1 Å². The molecule has 1 aliphatic rings. The second-order valence-electron chi connectivity index (χ2n) is 9.55. The summed E-state index contributed by atoms with van der Waals surface area (Å²) >= 11 is 0. The van der Waals surface area contributed by atoms with Crippen molar-refractivity contribution in [2.24, 2.45) is 17.1 Å². The zero-order valence-corrected chi connectivity index (χ0v) is 17.4. The Hall–Kier alpha value is -0.670. The lowest BCUT2D eigenvalue weighted by molar-refractivity contribution is -0.130. The van der Waals surface area contributed by atoms with Crippen molar-refractivity contribution in [3.8, 4) is 0 Å². The molecule has 1 fully saturated rings. The van der Waals surface area contributed by atoms with E-state index in [0.717, 1.165) is 25.8 Å². The van der Waals surface area contributed by atoms with Crippen LogP contribution in [0.1, 0.15) is 92.4 Å². The Kier molecular flexibility index (Phi) is 8.34. The summed E-state index contributed by atoms with van der Waals surface area (Å²) < 4.78 is 0. The maximum Gasteiger partial charge on any atom is 0.158 e. The molecule has 0 radical (unpaired) electrons. The number of carbonyl (C=O) groups excluding carboxylic acids is 1. The van der Waals surface area contributed by atoms with Gasteiger partial charge in [0.15, 0.2) is 5.78 Å². The molecule has 0 aromatic heterocycles. The summed E-state index contributed by atoms with van der Waals surface area (Å²) in [5.41, 5.74) is 4.68. The molecule has 2 unspecified atom stereocenters. The van der Waals surface area contributed by atoms with E-state index in [1.54, 1.807) is 0 Å². The Morgan fingerprint density at radius 1 is 1.08 bits per heavy atom. The lowest BCUT2D eigenvalue weighted by atomic mass is 9.82. The number of hydrogen-bond donors (Lipinski definition) is 2. The fraction of sp³-hybridized carbons (Fsp3) is 0.864. The molecular weight excluding hydrogens is 308 g/mol. The Labute approximate surface area is 156 Å². The van der Waals surface area contributed by atoms with Gasteiger partial charge in [-0.1, -0.05) is 65.4 Å². The van der Waals surface area contributed by atoms with Crippen LogP contribution in [-0.2, 0) is 4.79 Å². The molecule has 0 aromatic carbocycles. The molecule has 1 saturated carbocycles. The first-order valence-corrected chi connectivity index (χ1v) is 10.3. The molecule has 3 N–H and O–H groups in total. The van der Waals surface area contributed by atoms with Gasteiger partial charge < -0.3 is 5.73 Å². The summed E-state index contributed by atoms with van der Waals surface area (Å²) in [6.45, 7) is 15.1. The van der Waals surface area contributed by atoms with Gasteiger partial charge >= 0.3 is 0 Å². The highest BCUT2D eigenvalue weighted by Gasteiger charge is 2.62. The van der Waals surface area contributed by atoms with Crippen molar-refractivity contribution in [1.29, 1.82) is 0 Å². The monoisotopic (exact) mass is 350 g/mol. The van der Waals surface area contributed by atoms with Crippen molar-refractivity contribution in [1.82, 2.24) is 5.32 Å². The molecule has 0 saturated heterocycles. The molecule has 1 aliphatic carbocycles. The molecular formula is C22H42N2O. The molecule has 3 nitrogen and oxygen atoms in total. The SMILES string of the molecule is C=CC(C)(C)NC1(C(=O)C(C)(C)C)CC1CCCCCCCCCN. The molecule has 146 valence electrons. The zero-order valence-electron chi connectivity index (χ0n) is 17.4. The van der Waals surface area contributed by atoms with E-state index in [4.69, 9.17) is 5.73 Å². The van der Waals surface area contributed by atoms with E-state index in [1.807, 2.05) is 26.8 Å². The second-order valence-corrected chi connectivity index (χ2v) is 9.55. The second kappa shape index (κ2) is 9.32. The van der Waals surface area contributed by atoms with Crippen molar-refractivity contribution in [2.75, 3.05) is 6.54 Å². The van der Waals surface area contributed by atoms with Crippen LogP contribution in [0, 0.1) is 11.3 Å². The highest BCUT2D eigenvalue weighted by Crippen LogP contribution is 2.51. The summed E-state index contributed by atoms with van der Waals surface area (Å²) in [6, 6.07) is 0. The van der Waals surface area contributed by atoms with Crippen LogP contribution in [0.4, 0.5) is 0 Å². The standard InChI is InChI=1S/C22H42N2O/c1-7-21(5,6)24-22(19(25)20(2,3)4)17-18(22)15-13-11-9-8-10-12-14-16-23/h7,18,24H,1,8-17,23H2,2-6H3. The Bertz CT molecular complexity index is 436. The van der Waals surface area contributed by atoms with Gasteiger partial charge in [0.25, 0.3) is 0 Å². The van der Waals surface area contributed by atoms with Crippen molar-refractivity contribution in [3.05, 3.63) is 12.7 Å². The lowest BCUT2D eigenvalue weighted by Crippen LogP contribution is -2.54. The molecule has 0 amide bonds. The maximum atomic E-state index is 13.1. The van der Waals surface area contributed by atoms with Crippen molar-refractivity contribution in [3.63, 3.8) is 0 Å². The van der Waals surface area contributed by atoms with Gasteiger partial charge in [-0.05, 0) is 45.6 Å².